The Hall–Kier alpha value is -0.360. The van der Waals surface area contributed by atoms with Gasteiger partial charge in [-0.1, -0.05) is 5.57 Å². The Morgan fingerprint density at radius 2 is 2.13 bits per heavy atom. The quantitative estimate of drug-likeness (QED) is 0.611. The third kappa shape index (κ3) is 4.34. The van der Waals surface area contributed by atoms with Crippen molar-refractivity contribution >= 4 is 50.1 Å². The number of rotatable bonds is 2. The third-order valence-corrected chi connectivity index (χ3v) is 3.93. The van der Waals surface area contributed by atoms with Crippen LogP contribution < -0.4 is 5.32 Å². The van der Waals surface area contributed by atoms with Crippen LogP contribution in [0.1, 0.15) is 13.8 Å². The van der Waals surface area contributed by atoms with Gasteiger partial charge in [-0.3, -0.25) is 4.79 Å². The normalized spacial score (nSPS) is 9.60. The summed E-state index contributed by atoms with van der Waals surface area (Å²) >= 11 is 5.61. The number of amides is 1. The number of hydrogen-bond donors (Lipinski definition) is 1. The molecule has 1 N–H and O–H groups in total. The molecule has 0 heterocycles. The van der Waals surface area contributed by atoms with Crippen molar-refractivity contribution in [3.63, 3.8) is 0 Å². The summed E-state index contributed by atoms with van der Waals surface area (Å²) in [5.74, 6) is -0.0897. The fraction of sp³-hybridized carbons (Fsp3) is 0.182. The molecule has 0 spiro atoms. The SMILES string of the molecule is CC(C)=CC(=O)Nc1ccc(Br)c(I)c1. The van der Waals surface area contributed by atoms with Crippen molar-refractivity contribution in [3.8, 4) is 0 Å². The monoisotopic (exact) mass is 379 g/mol. The lowest BCUT2D eigenvalue weighted by Crippen LogP contribution is -2.08. The molecule has 15 heavy (non-hydrogen) atoms. The maximum Gasteiger partial charge on any atom is 0.248 e. The van der Waals surface area contributed by atoms with Gasteiger partial charge in [-0.05, 0) is 70.6 Å². The molecule has 0 atom stereocenters. The fourth-order valence-corrected chi connectivity index (χ4v) is 1.78. The van der Waals surface area contributed by atoms with Crippen LogP contribution in [0.4, 0.5) is 5.69 Å². The van der Waals surface area contributed by atoms with Crippen LogP contribution in [0, 0.1) is 3.57 Å². The average molecular weight is 380 g/mol. The van der Waals surface area contributed by atoms with Gasteiger partial charge in [0.05, 0.1) is 0 Å². The zero-order valence-electron chi connectivity index (χ0n) is 8.47. The number of allylic oxidation sites excluding steroid dienone is 1. The number of hydrogen-bond acceptors (Lipinski definition) is 1. The zero-order chi connectivity index (χ0) is 11.4. The molecule has 1 amide bonds. The van der Waals surface area contributed by atoms with Crippen molar-refractivity contribution in [2.45, 2.75) is 13.8 Å². The smallest absolute Gasteiger partial charge is 0.248 e. The molecule has 1 aromatic rings. The van der Waals surface area contributed by atoms with E-state index in [-0.39, 0.29) is 5.91 Å². The second kappa shape index (κ2) is 5.65. The molecule has 0 radical (unpaired) electrons. The maximum absolute atomic E-state index is 11.4. The second-order valence-electron chi connectivity index (χ2n) is 3.34. The van der Waals surface area contributed by atoms with Crippen molar-refractivity contribution in [2.75, 3.05) is 5.32 Å². The third-order valence-electron chi connectivity index (χ3n) is 1.61. The molecule has 80 valence electrons. The molecule has 1 rings (SSSR count). The van der Waals surface area contributed by atoms with Crippen molar-refractivity contribution in [2.24, 2.45) is 0 Å². The van der Waals surface area contributed by atoms with Crippen LogP contribution in [0.2, 0.25) is 0 Å². The first-order valence-electron chi connectivity index (χ1n) is 4.40. The van der Waals surface area contributed by atoms with Gasteiger partial charge in [0.25, 0.3) is 0 Å². The van der Waals surface area contributed by atoms with E-state index in [2.05, 4.69) is 43.8 Å². The van der Waals surface area contributed by atoms with Gasteiger partial charge >= 0.3 is 0 Å². The molecule has 4 heteroatoms. The number of benzene rings is 1. The number of halogens is 2. The fourth-order valence-electron chi connectivity index (χ4n) is 1.01. The second-order valence-corrected chi connectivity index (χ2v) is 5.36. The van der Waals surface area contributed by atoms with E-state index in [9.17, 15) is 4.79 Å². The zero-order valence-corrected chi connectivity index (χ0v) is 12.2. The molecule has 0 aromatic heterocycles. The predicted octanol–water partition coefficient (Wildman–Crippen LogP) is 3.96. The molecule has 0 bridgehead atoms. The topological polar surface area (TPSA) is 29.1 Å². The van der Waals surface area contributed by atoms with E-state index in [0.29, 0.717) is 0 Å². The first kappa shape index (κ1) is 12.7. The van der Waals surface area contributed by atoms with Crippen molar-refractivity contribution in [1.82, 2.24) is 0 Å². The average Bonchev–Trinajstić information content (AvgIpc) is 2.10. The van der Waals surface area contributed by atoms with Gasteiger partial charge in [0.1, 0.15) is 0 Å². The summed E-state index contributed by atoms with van der Waals surface area (Å²) < 4.78 is 2.10. The Bertz CT molecular complexity index is 411. The number of carbonyl (C=O) groups is 1. The predicted molar refractivity (Wildman–Crippen MR) is 74.9 cm³/mol. The Balaban J connectivity index is 2.78. The van der Waals surface area contributed by atoms with Crippen LogP contribution >= 0.6 is 38.5 Å². The molecule has 0 saturated heterocycles. The Morgan fingerprint density at radius 1 is 1.47 bits per heavy atom. The van der Waals surface area contributed by atoms with E-state index >= 15 is 0 Å². The number of carbonyl (C=O) groups excluding carboxylic acids is 1. The summed E-state index contributed by atoms with van der Waals surface area (Å²) in [5.41, 5.74) is 1.80. The molecule has 0 aliphatic heterocycles. The first-order valence-corrected chi connectivity index (χ1v) is 6.27. The Morgan fingerprint density at radius 3 is 2.67 bits per heavy atom. The van der Waals surface area contributed by atoms with Gasteiger partial charge < -0.3 is 5.32 Å². The van der Waals surface area contributed by atoms with Crippen molar-refractivity contribution < 1.29 is 4.79 Å². The summed E-state index contributed by atoms with van der Waals surface area (Å²) in [6.45, 7) is 3.79. The molecular formula is C11H11BrINO. The Kier molecular flexibility index (Phi) is 4.79. The standard InChI is InChI=1S/C11H11BrINO/c1-7(2)5-11(15)14-8-3-4-9(12)10(13)6-8/h3-6H,1-2H3,(H,14,15). The molecule has 0 saturated carbocycles. The summed E-state index contributed by atoms with van der Waals surface area (Å²) in [5, 5.41) is 2.80. The number of anilines is 1. The van der Waals surface area contributed by atoms with Gasteiger partial charge in [0.15, 0.2) is 0 Å². The molecule has 1 aromatic carbocycles. The highest BCUT2D eigenvalue weighted by Gasteiger charge is 2.01. The highest BCUT2D eigenvalue weighted by molar-refractivity contribution is 14.1. The minimum atomic E-state index is -0.0897. The van der Waals surface area contributed by atoms with Crippen LogP contribution in [-0.4, -0.2) is 5.91 Å². The lowest BCUT2D eigenvalue weighted by Gasteiger charge is -2.04. The van der Waals surface area contributed by atoms with Crippen LogP contribution in [-0.2, 0) is 4.79 Å². The van der Waals surface area contributed by atoms with Gasteiger partial charge in [0.2, 0.25) is 5.91 Å². The molecular weight excluding hydrogens is 369 g/mol. The highest BCUT2D eigenvalue weighted by Crippen LogP contribution is 2.22. The Labute approximate surface area is 111 Å². The molecule has 0 unspecified atom stereocenters. The summed E-state index contributed by atoms with van der Waals surface area (Å²) in [6.07, 6.45) is 1.58. The van der Waals surface area contributed by atoms with E-state index in [1.54, 1.807) is 6.08 Å². The summed E-state index contributed by atoms with van der Waals surface area (Å²) in [4.78, 5) is 11.4. The lowest BCUT2D eigenvalue weighted by atomic mass is 10.3. The summed E-state index contributed by atoms with van der Waals surface area (Å²) in [6, 6.07) is 5.70. The van der Waals surface area contributed by atoms with Crippen LogP contribution in [0.5, 0.6) is 0 Å². The maximum atomic E-state index is 11.4. The first-order chi connectivity index (χ1) is 6.99. The molecule has 2 nitrogen and oxygen atoms in total. The van der Waals surface area contributed by atoms with E-state index in [4.69, 9.17) is 0 Å². The van der Waals surface area contributed by atoms with E-state index in [1.807, 2.05) is 32.0 Å². The van der Waals surface area contributed by atoms with Gasteiger partial charge in [-0.25, -0.2) is 0 Å². The number of nitrogens with one attached hydrogen (secondary N) is 1. The lowest BCUT2D eigenvalue weighted by molar-refractivity contribution is -0.111. The van der Waals surface area contributed by atoms with E-state index in [1.165, 1.54) is 0 Å². The van der Waals surface area contributed by atoms with Crippen LogP contribution in [0.15, 0.2) is 34.3 Å². The van der Waals surface area contributed by atoms with Gasteiger partial charge in [0, 0.05) is 19.8 Å². The van der Waals surface area contributed by atoms with Crippen LogP contribution in [0.3, 0.4) is 0 Å². The summed E-state index contributed by atoms with van der Waals surface area (Å²) in [7, 11) is 0. The van der Waals surface area contributed by atoms with Crippen molar-refractivity contribution in [1.29, 1.82) is 0 Å². The minimum absolute atomic E-state index is 0.0897. The van der Waals surface area contributed by atoms with Gasteiger partial charge in [-0.2, -0.15) is 0 Å². The minimum Gasteiger partial charge on any atom is -0.322 e. The van der Waals surface area contributed by atoms with E-state index in [0.717, 1.165) is 19.3 Å². The van der Waals surface area contributed by atoms with Crippen LogP contribution in [0.25, 0.3) is 0 Å². The van der Waals surface area contributed by atoms with Gasteiger partial charge in [-0.15, -0.1) is 0 Å². The molecule has 0 aliphatic rings. The molecule has 0 aliphatic carbocycles. The van der Waals surface area contributed by atoms with Crippen molar-refractivity contribution in [3.05, 3.63) is 37.9 Å². The largest absolute Gasteiger partial charge is 0.322 e. The highest BCUT2D eigenvalue weighted by atomic mass is 127. The van der Waals surface area contributed by atoms with E-state index < -0.39 is 0 Å². The molecule has 0 fully saturated rings.